The summed E-state index contributed by atoms with van der Waals surface area (Å²) in [6.45, 7) is 5.59. The normalized spacial score (nSPS) is 14.0. The SMILES string of the molecule is CCNC(=NCc1ccccc1)NCCCc1nnc2n1CCCCC2.I. The van der Waals surface area contributed by atoms with Crippen LogP contribution >= 0.6 is 24.0 Å². The Morgan fingerprint density at radius 3 is 2.78 bits per heavy atom. The van der Waals surface area contributed by atoms with Gasteiger partial charge in [0.15, 0.2) is 5.96 Å². The number of hydrogen-bond donors (Lipinski definition) is 2. The third-order valence-electron chi connectivity index (χ3n) is 4.66. The van der Waals surface area contributed by atoms with Gasteiger partial charge in [0.05, 0.1) is 6.54 Å². The summed E-state index contributed by atoms with van der Waals surface area (Å²) in [5, 5.41) is 15.5. The molecule has 2 heterocycles. The highest BCUT2D eigenvalue weighted by Crippen LogP contribution is 2.15. The van der Waals surface area contributed by atoms with Crippen LogP contribution in [-0.2, 0) is 25.9 Å². The number of aliphatic imine (C=N–C) groups is 1. The molecule has 0 atom stereocenters. The zero-order valence-electron chi connectivity index (χ0n) is 16.2. The summed E-state index contributed by atoms with van der Waals surface area (Å²) in [6, 6.07) is 10.3. The lowest BCUT2D eigenvalue weighted by molar-refractivity contribution is 0.594. The number of nitrogens with one attached hydrogen (secondary N) is 2. The van der Waals surface area contributed by atoms with Crippen molar-refractivity contribution in [3.05, 3.63) is 47.5 Å². The van der Waals surface area contributed by atoms with Gasteiger partial charge in [-0.15, -0.1) is 34.2 Å². The van der Waals surface area contributed by atoms with E-state index >= 15 is 0 Å². The van der Waals surface area contributed by atoms with E-state index in [0.29, 0.717) is 6.54 Å². The fraction of sp³-hybridized carbons (Fsp3) is 0.550. The molecule has 7 heteroatoms. The van der Waals surface area contributed by atoms with Crippen LogP contribution in [0.1, 0.15) is 49.8 Å². The molecule has 1 aromatic carbocycles. The van der Waals surface area contributed by atoms with Crippen LogP contribution in [0, 0.1) is 0 Å². The molecule has 0 saturated heterocycles. The number of benzene rings is 1. The van der Waals surface area contributed by atoms with Gasteiger partial charge in [-0.2, -0.15) is 0 Å². The van der Waals surface area contributed by atoms with Crippen molar-refractivity contribution in [2.75, 3.05) is 13.1 Å². The monoisotopic (exact) mass is 482 g/mol. The quantitative estimate of drug-likeness (QED) is 0.275. The minimum atomic E-state index is 0. The summed E-state index contributed by atoms with van der Waals surface area (Å²) < 4.78 is 2.34. The number of aryl methyl sites for hydroxylation is 2. The lowest BCUT2D eigenvalue weighted by atomic mass is 10.2. The fourth-order valence-electron chi connectivity index (χ4n) is 3.28. The van der Waals surface area contributed by atoms with Crippen LogP contribution in [0.2, 0.25) is 0 Å². The van der Waals surface area contributed by atoms with Crippen molar-refractivity contribution < 1.29 is 0 Å². The van der Waals surface area contributed by atoms with Crippen LogP contribution in [0.15, 0.2) is 35.3 Å². The van der Waals surface area contributed by atoms with Crippen LogP contribution in [0.25, 0.3) is 0 Å². The summed E-state index contributed by atoms with van der Waals surface area (Å²) in [4.78, 5) is 4.66. The van der Waals surface area contributed by atoms with Gasteiger partial charge < -0.3 is 15.2 Å². The molecule has 2 N–H and O–H groups in total. The highest BCUT2D eigenvalue weighted by Gasteiger charge is 2.14. The van der Waals surface area contributed by atoms with E-state index in [1.165, 1.54) is 30.7 Å². The molecule has 0 fully saturated rings. The van der Waals surface area contributed by atoms with Gasteiger partial charge in [-0.1, -0.05) is 36.8 Å². The van der Waals surface area contributed by atoms with E-state index in [1.54, 1.807) is 0 Å². The van der Waals surface area contributed by atoms with Crippen LogP contribution in [-0.4, -0.2) is 33.8 Å². The van der Waals surface area contributed by atoms with Gasteiger partial charge in [-0.05, 0) is 31.7 Å². The first kappa shape index (κ1) is 21.7. The molecule has 148 valence electrons. The number of nitrogens with zero attached hydrogens (tertiary/aromatic N) is 4. The zero-order chi connectivity index (χ0) is 18.0. The molecule has 3 rings (SSSR count). The highest BCUT2D eigenvalue weighted by atomic mass is 127. The van der Waals surface area contributed by atoms with Crippen LogP contribution < -0.4 is 10.6 Å². The Morgan fingerprint density at radius 2 is 1.96 bits per heavy atom. The van der Waals surface area contributed by atoms with Gasteiger partial charge in [0, 0.05) is 32.5 Å². The summed E-state index contributed by atoms with van der Waals surface area (Å²) in [7, 11) is 0. The number of rotatable bonds is 7. The predicted molar refractivity (Wildman–Crippen MR) is 121 cm³/mol. The molecule has 0 amide bonds. The van der Waals surface area contributed by atoms with Crippen LogP contribution in [0.3, 0.4) is 0 Å². The standard InChI is InChI=1S/C20H30N6.HI/c1-2-21-20(23-16-17-10-5-3-6-11-17)22-14-9-13-19-25-24-18-12-7-4-8-15-26(18)19;/h3,5-6,10-11H,2,4,7-9,12-16H2,1H3,(H2,21,22,23);1H. The molecular formula is C20H31IN6. The second kappa shape index (κ2) is 11.9. The maximum Gasteiger partial charge on any atom is 0.191 e. The number of fused-ring (bicyclic) bond motifs is 1. The molecule has 0 saturated carbocycles. The predicted octanol–water partition coefficient (Wildman–Crippen LogP) is 3.31. The first-order chi connectivity index (χ1) is 12.9. The van der Waals surface area contributed by atoms with Crippen molar-refractivity contribution in [1.29, 1.82) is 0 Å². The summed E-state index contributed by atoms with van der Waals surface area (Å²) in [5.74, 6) is 3.18. The molecule has 1 aromatic heterocycles. The Balaban J connectivity index is 0.00000261. The first-order valence-corrected chi connectivity index (χ1v) is 9.84. The van der Waals surface area contributed by atoms with Crippen molar-refractivity contribution in [2.45, 2.75) is 58.5 Å². The average Bonchev–Trinajstić information content (AvgIpc) is 2.90. The first-order valence-electron chi connectivity index (χ1n) is 9.84. The maximum absolute atomic E-state index is 4.66. The van der Waals surface area contributed by atoms with E-state index in [-0.39, 0.29) is 24.0 Å². The van der Waals surface area contributed by atoms with Crippen LogP contribution in [0.4, 0.5) is 0 Å². The molecule has 0 aliphatic carbocycles. The molecule has 0 spiro atoms. The molecule has 0 radical (unpaired) electrons. The van der Waals surface area contributed by atoms with Gasteiger partial charge in [-0.25, -0.2) is 4.99 Å². The van der Waals surface area contributed by atoms with E-state index < -0.39 is 0 Å². The summed E-state index contributed by atoms with van der Waals surface area (Å²) >= 11 is 0. The Labute approximate surface area is 179 Å². The molecule has 6 nitrogen and oxygen atoms in total. The van der Waals surface area contributed by atoms with E-state index in [4.69, 9.17) is 0 Å². The number of guanidine groups is 1. The van der Waals surface area contributed by atoms with Gasteiger partial charge in [0.2, 0.25) is 0 Å². The minimum absolute atomic E-state index is 0. The molecule has 27 heavy (non-hydrogen) atoms. The third kappa shape index (κ3) is 6.79. The molecule has 1 aliphatic heterocycles. The Kier molecular flexibility index (Phi) is 9.58. The van der Waals surface area contributed by atoms with Crippen LogP contribution in [0.5, 0.6) is 0 Å². The van der Waals surface area contributed by atoms with Gasteiger partial charge >= 0.3 is 0 Å². The third-order valence-corrected chi connectivity index (χ3v) is 4.66. The smallest absolute Gasteiger partial charge is 0.191 e. The molecule has 1 aliphatic rings. The lowest BCUT2D eigenvalue weighted by Crippen LogP contribution is -2.37. The van der Waals surface area contributed by atoms with E-state index in [9.17, 15) is 0 Å². The van der Waals surface area contributed by atoms with Gasteiger partial charge in [0.1, 0.15) is 11.6 Å². The fourth-order valence-corrected chi connectivity index (χ4v) is 3.28. The molecule has 0 bridgehead atoms. The summed E-state index contributed by atoms with van der Waals surface area (Å²) in [6.07, 6.45) is 6.83. The van der Waals surface area contributed by atoms with Gasteiger partial charge in [-0.3, -0.25) is 0 Å². The van der Waals surface area contributed by atoms with Crippen molar-refractivity contribution in [2.24, 2.45) is 4.99 Å². The largest absolute Gasteiger partial charge is 0.357 e. The van der Waals surface area contributed by atoms with E-state index in [1.807, 2.05) is 18.2 Å². The van der Waals surface area contributed by atoms with E-state index in [0.717, 1.165) is 50.7 Å². The molecule has 2 aromatic rings. The maximum atomic E-state index is 4.66. The van der Waals surface area contributed by atoms with Crippen molar-refractivity contribution >= 4 is 29.9 Å². The minimum Gasteiger partial charge on any atom is -0.357 e. The number of hydrogen-bond acceptors (Lipinski definition) is 3. The zero-order valence-corrected chi connectivity index (χ0v) is 18.5. The Morgan fingerprint density at radius 1 is 1.11 bits per heavy atom. The van der Waals surface area contributed by atoms with Crippen molar-refractivity contribution in [3.8, 4) is 0 Å². The van der Waals surface area contributed by atoms with Crippen molar-refractivity contribution in [3.63, 3.8) is 0 Å². The van der Waals surface area contributed by atoms with E-state index in [2.05, 4.69) is 49.4 Å². The Hall–Kier alpha value is -1.64. The Bertz CT molecular complexity index is 698. The topological polar surface area (TPSA) is 67.1 Å². The van der Waals surface area contributed by atoms with Crippen molar-refractivity contribution in [1.82, 2.24) is 25.4 Å². The second-order valence-electron chi connectivity index (χ2n) is 6.71. The second-order valence-corrected chi connectivity index (χ2v) is 6.71. The highest BCUT2D eigenvalue weighted by molar-refractivity contribution is 14.0. The summed E-state index contributed by atoms with van der Waals surface area (Å²) in [5.41, 5.74) is 1.22. The molecular weight excluding hydrogens is 451 g/mol. The molecule has 0 unspecified atom stereocenters. The number of halogens is 1. The lowest BCUT2D eigenvalue weighted by Gasteiger charge is -2.11. The average molecular weight is 482 g/mol. The number of aromatic nitrogens is 3. The van der Waals surface area contributed by atoms with Gasteiger partial charge in [0.25, 0.3) is 0 Å².